The first-order chi connectivity index (χ1) is 13.5. The van der Waals surface area contributed by atoms with E-state index in [2.05, 4.69) is 5.32 Å². The largest absolute Gasteiger partial charge is 0.492 e. The minimum Gasteiger partial charge on any atom is -0.492 e. The smallest absolute Gasteiger partial charge is 0.317 e. The summed E-state index contributed by atoms with van der Waals surface area (Å²) in [6.07, 6.45) is 0.649. The second-order valence-corrected chi connectivity index (χ2v) is 7.07. The number of benzene rings is 2. The zero-order chi connectivity index (χ0) is 19.9. The zero-order valence-corrected chi connectivity index (χ0v) is 16.9. The van der Waals surface area contributed by atoms with Crippen molar-refractivity contribution in [1.29, 1.82) is 0 Å². The molecule has 0 atom stereocenters. The third-order valence-corrected chi connectivity index (χ3v) is 4.69. The van der Waals surface area contributed by atoms with Gasteiger partial charge >= 0.3 is 6.03 Å². The molecule has 7 heteroatoms. The summed E-state index contributed by atoms with van der Waals surface area (Å²) in [5, 5.41) is 3.43. The van der Waals surface area contributed by atoms with Crippen LogP contribution in [0.2, 0.25) is 5.02 Å². The number of aryl methyl sites for hydroxylation is 1. The molecule has 2 aromatic carbocycles. The number of amides is 2. The maximum absolute atomic E-state index is 12.2. The van der Waals surface area contributed by atoms with Gasteiger partial charge in [-0.15, -0.1) is 0 Å². The van der Waals surface area contributed by atoms with E-state index in [9.17, 15) is 4.79 Å². The molecule has 1 N–H and O–H groups in total. The van der Waals surface area contributed by atoms with Gasteiger partial charge in [0.15, 0.2) is 11.5 Å². The highest BCUT2D eigenvalue weighted by Gasteiger charge is 2.16. The first-order valence-electron chi connectivity index (χ1n) is 9.29. The summed E-state index contributed by atoms with van der Waals surface area (Å²) in [4.78, 5) is 13.8. The van der Waals surface area contributed by atoms with Gasteiger partial charge in [-0.25, -0.2) is 4.79 Å². The molecule has 6 nitrogen and oxygen atoms in total. The number of hydrogen-bond acceptors (Lipinski definition) is 4. The van der Waals surface area contributed by atoms with Crippen molar-refractivity contribution in [3.05, 3.63) is 52.5 Å². The van der Waals surface area contributed by atoms with E-state index in [0.29, 0.717) is 55.9 Å². The van der Waals surface area contributed by atoms with E-state index in [1.807, 2.05) is 43.3 Å². The van der Waals surface area contributed by atoms with Gasteiger partial charge in [0.2, 0.25) is 0 Å². The van der Waals surface area contributed by atoms with E-state index < -0.39 is 0 Å². The topological polar surface area (TPSA) is 60.0 Å². The molecule has 28 heavy (non-hydrogen) atoms. The van der Waals surface area contributed by atoms with Gasteiger partial charge in [0.25, 0.3) is 0 Å². The second kappa shape index (κ2) is 9.55. The van der Waals surface area contributed by atoms with Crippen molar-refractivity contribution in [1.82, 2.24) is 10.2 Å². The van der Waals surface area contributed by atoms with Crippen molar-refractivity contribution >= 4 is 17.6 Å². The molecule has 0 saturated heterocycles. The lowest BCUT2D eigenvalue weighted by Gasteiger charge is -2.21. The Labute approximate surface area is 170 Å². The summed E-state index contributed by atoms with van der Waals surface area (Å²) in [6, 6.07) is 11.5. The molecule has 3 rings (SSSR count). The molecule has 0 bridgehead atoms. The maximum atomic E-state index is 12.2. The molecule has 2 aromatic rings. The van der Waals surface area contributed by atoms with Crippen molar-refractivity contribution in [3.63, 3.8) is 0 Å². The molecule has 1 aliphatic rings. The average molecular weight is 405 g/mol. The predicted octanol–water partition coefficient (Wildman–Crippen LogP) is 3.68. The van der Waals surface area contributed by atoms with Crippen LogP contribution in [-0.2, 0) is 6.42 Å². The highest BCUT2D eigenvalue weighted by atomic mass is 35.5. The number of ether oxygens (including phenoxy) is 3. The van der Waals surface area contributed by atoms with E-state index in [-0.39, 0.29) is 6.03 Å². The quantitative estimate of drug-likeness (QED) is 0.764. The molecule has 0 aromatic heterocycles. The molecular weight excluding hydrogens is 380 g/mol. The fourth-order valence-electron chi connectivity index (χ4n) is 2.79. The average Bonchev–Trinajstić information content (AvgIpc) is 2.69. The molecule has 1 aliphatic heterocycles. The highest BCUT2D eigenvalue weighted by Crippen LogP contribution is 2.38. The third-order valence-electron chi connectivity index (χ3n) is 4.41. The third kappa shape index (κ3) is 5.45. The Morgan fingerprint density at radius 2 is 1.96 bits per heavy atom. The van der Waals surface area contributed by atoms with Crippen molar-refractivity contribution in [2.45, 2.75) is 13.3 Å². The second-order valence-electron chi connectivity index (χ2n) is 6.67. The summed E-state index contributed by atoms with van der Waals surface area (Å²) in [5.74, 6) is 2.05. The molecule has 150 valence electrons. The van der Waals surface area contributed by atoms with Crippen LogP contribution in [0.1, 0.15) is 11.1 Å². The maximum Gasteiger partial charge on any atom is 0.317 e. The van der Waals surface area contributed by atoms with Crippen molar-refractivity contribution in [2.75, 3.05) is 40.0 Å². The normalized spacial score (nSPS) is 12.4. The predicted molar refractivity (Wildman–Crippen MR) is 109 cm³/mol. The van der Waals surface area contributed by atoms with E-state index in [1.54, 1.807) is 11.9 Å². The van der Waals surface area contributed by atoms with Gasteiger partial charge < -0.3 is 24.4 Å². The Bertz CT molecular complexity index is 811. The summed E-state index contributed by atoms with van der Waals surface area (Å²) in [7, 11) is 1.74. The van der Waals surface area contributed by atoms with Crippen molar-refractivity contribution in [3.8, 4) is 17.2 Å². The SMILES string of the molecule is Cc1ccc(OCCN(C)C(=O)NCCc2cc(Cl)c3c(c2)OCCO3)cc1. The standard InChI is InChI=1S/C21H25ClN2O4/c1-15-3-5-17(6-4-15)26-10-9-24(2)21(25)23-8-7-16-13-18(22)20-19(14-16)27-11-12-28-20/h3-6,13-14H,7-12H2,1-2H3,(H,23,25). The number of fused-ring (bicyclic) bond motifs is 1. The number of nitrogens with one attached hydrogen (secondary N) is 1. The molecule has 0 radical (unpaired) electrons. The number of nitrogens with zero attached hydrogens (tertiary/aromatic N) is 1. The minimum absolute atomic E-state index is 0.142. The van der Waals surface area contributed by atoms with Gasteiger partial charge in [0, 0.05) is 13.6 Å². The van der Waals surface area contributed by atoms with Gasteiger partial charge in [0.05, 0.1) is 11.6 Å². The van der Waals surface area contributed by atoms with Crippen molar-refractivity contribution in [2.24, 2.45) is 0 Å². The highest BCUT2D eigenvalue weighted by molar-refractivity contribution is 6.32. The van der Waals surface area contributed by atoms with Crippen molar-refractivity contribution < 1.29 is 19.0 Å². The Morgan fingerprint density at radius 1 is 1.21 bits per heavy atom. The summed E-state index contributed by atoms with van der Waals surface area (Å²) in [5.41, 5.74) is 2.17. The summed E-state index contributed by atoms with van der Waals surface area (Å²) >= 11 is 6.24. The lowest BCUT2D eigenvalue weighted by molar-refractivity contribution is 0.171. The molecule has 2 amide bonds. The van der Waals surface area contributed by atoms with Crippen LogP contribution in [0.5, 0.6) is 17.2 Å². The fourth-order valence-corrected chi connectivity index (χ4v) is 3.08. The molecule has 0 aliphatic carbocycles. The van der Waals surface area contributed by atoms with Crippen LogP contribution in [0.4, 0.5) is 4.79 Å². The number of likely N-dealkylation sites (N-methyl/N-ethyl adjacent to an activating group) is 1. The molecular formula is C21H25ClN2O4. The lowest BCUT2D eigenvalue weighted by Crippen LogP contribution is -2.40. The molecule has 0 saturated carbocycles. The molecule has 0 fully saturated rings. The number of halogens is 1. The van der Waals surface area contributed by atoms with Crippen LogP contribution >= 0.6 is 11.6 Å². The van der Waals surface area contributed by atoms with Gasteiger partial charge in [-0.2, -0.15) is 0 Å². The van der Waals surface area contributed by atoms with Gasteiger partial charge in [-0.1, -0.05) is 29.3 Å². The number of carbonyl (C=O) groups is 1. The zero-order valence-electron chi connectivity index (χ0n) is 16.2. The van der Waals surface area contributed by atoms with E-state index in [4.69, 9.17) is 25.8 Å². The van der Waals surface area contributed by atoms with Crippen LogP contribution < -0.4 is 19.5 Å². The van der Waals surface area contributed by atoms with Crippen LogP contribution in [0.3, 0.4) is 0 Å². The van der Waals surface area contributed by atoms with Crippen LogP contribution in [-0.4, -0.2) is 50.9 Å². The van der Waals surface area contributed by atoms with Gasteiger partial charge in [-0.3, -0.25) is 0 Å². The number of carbonyl (C=O) groups excluding carboxylic acids is 1. The number of rotatable bonds is 7. The molecule has 1 heterocycles. The van der Waals surface area contributed by atoms with Gasteiger partial charge in [-0.05, 0) is 43.2 Å². The Kier molecular flexibility index (Phi) is 6.87. The van der Waals surface area contributed by atoms with Crippen LogP contribution in [0.25, 0.3) is 0 Å². The molecule has 0 spiro atoms. The minimum atomic E-state index is -0.142. The fraction of sp³-hybridized carbons (Fsp3) is 0.381. The van der Waals surface area contributed by atoms with Crippen LogP contribution in [0, 0.1) is 6.92 Å². The summed E-state index contributed by atoms with van der Waals surface area (Å²) in [6.45, 7) is 4.47. The first kappa shape index (κ1) is 20.1. The Hall–Kier alpha value is -2.60. The van der Waals surface area contributed by atoms with E-state index in [1.165, 1.54) is 5.56 Å². The first-order valence-corrected chi connectivity index (χ1v) is 9.67. The van der Waals surface area contributed by atoms with Gasteiger partial charge in [0.1, 0.15) is 25.6 Å². The van der Waals surface area contributed by atoms with Crippen LogP contribution in [0.15, 0.2) is 36.4 Å². The number of urea groups is 1. The Balaban J connectivity index is 1.40. The lowest BCUT2D eigenvalue weighted by atomic mass is 10.1. The Morgan fingerprint density at radius 3 is 2.75 bits per heavy atom. The van der Waals surface area contributed by atoms with E-state index in [0.717, 1.165) is 11.3 Å². The number of hydrogen-bond donors (Lipinski definition) is 1. The molecule has 0 unspecified atom stereocenters. The monoisotopic (exact) mass is 404 g/mol. The van der Waals surface area contributed by atoms with E-state index >= 15 is 0 Å². The summed E-state index contributed by atoms with van der Waals surface area (Å²) < 4.78 is 16.8.